The van der Waals surface area contributed by atoms with Crippen molar-refractivity contribution in [1.82, 2.24) is 5.32 Å². The fraction of sp³-hybridized carbons (Fsp3) is 0.600. The van der Waals surface area contributed by atoms with Crippen LogP contribution < -0.4 is 10.1 Å². The Hall–Kier alpha value is -0.870. The predicted molar refractivity (Wildman–Crippen MR) is 82.2 cm³/mol. The van der Waals surface area contributed by atoms with Crippen molar-refractivity contribution in [2.75, 3.05) is 25.7 Å². The Kier molecular flexibility index (Phi) is 7.75. The molecule has 1 aromatic rings. The third kappa shape index (κ3) is 5.74. The number of nitrogens with one attached hydrogen (secondary N) is 1. The van der Waals surface area contributed by atoms with E-state index in [1.807, 2.05) is 31.3 Å². The summed E-state index contributed by atoms with van der Waals surface area (Å²) in [5.41, 5.74) is 1.13. The highest BCUT2D eigenvalue weighted by molar-refractivity contribution is 7.85. The Bertz CT molecular complexity index is 395. The summed E-state index contributed by atoms with van der Waals surface area (Å²) in [4.78, 5) is 0. The third-order valence-corrected chi connectivity index (χ3v) is 4.62. The second-order valence-electron chi connectivity index (χ2n) is 4.64. The van der Waals surface area contributed by atoms with E-state index >= 15 is 0 Å². The SMILES string of the molecule is CCCCCS(=O)CC(NC)c1cccc(OC)c1. The van der Waals surface area contributed by atoms with Crippen molar-refractivity contribution >= 4 is 10.8 Å². The van der Waals surface area contributed by atoms with Crippen molar-refractivity contribution in [2.45, 2.75) is 32.2 Å². The van der Waals surface area contributed by atoms with Gasteiger partial charge in [0.2, 0.25) is 0 Å². The largest absolute Gasteiger partial charge is 0.497 e. The van der Waals surface area contributed by atoms with Gasteiger partial charge in [0, 0.05) is 28.3 Å². The molecule has 0 fully saturated rings. The summed E-state index contributed by atoms with van der Waals surface area (Å²) < 4.78 is 17.3. The molecule has 108 valence electrons. The normalized spacial score (nSPS) is 14.1. The van der Waals surface area contributed by atoms with Gasteiger partial charge in [0.1, 0.15) is 5.75 Å². The summed E-state index contributed by atoms with van der Waals surface area (Å²) in [5, 5.41) is 3.24. The number of unbranched alkanes of at least 4 members (excludes halogenated alkanes) is 2. The summed E-state index contributed by atoms with van der Waals surface area (Å²) in [7, 11) is 2.81. The highest BCUT2D eigenvalue weighted by Crippen LogP contribution is 2.20. The average Bonchev–Trinajstić information content (AvgIpc) is 2.45. The van der Waals surface area contributed by atoms with E-state index in [4.69, 9.17) is 4.74 Å². The molecule has 0 amide bonds. The first kappa shape index (κ1) is 16.2. The molecule has 0 heterocycles. The van der Waals surface area contributed by atoms with Crippen LogP contribution in [0.4, 0.5) is 0 Å². The van der Waals surface area contributed by atoms with Gasteiger partial charge in [-0.3, -0.25) is 4.21 Å². The molecule has 2 unspecified atom stereocenters. The molecule has 1 N–H and O–H groups in total. The van der Waals surface area contributed by atoms with Crippen LogP contribution in [0.5, 0.6) is 5.75 Å². The minimum absolute atomic E-state index is 0.123. The number of hydrogen-bond acceptors (Lipinski definition) is 3. The number of ether oxygens (including phenoxy) is 1. The molecule has 1 rings (SSSR count). The Morgan fingerprint density at radius 2 is 2.16 bits per heavy atom. The van der Waals surface area contributed by atoms with Crippen molar-refractivity contribution in [3.05, 3.63) is 29.8 Å². The molecule has 2 atom stereocenters. The van der Waals surface area contributed by atoms with Gasteiger partial charge in [-0.25, -0.2) is 0 Å². The maximum absolute atomic E-state index is 12.1. The Labute approximate surface area is 119 Å². The second-order valence-corrected chi connectivity index (χ2v) is 6.26. The minimum atomic E-state index is -0.764. The predicted octanol–water partition coefficient (Wildman–Crippen LogP) is 2.89. The number of benzene rings is 1. The molecule has 0 saturated heterocycles. The van der Waals surface area contributed by atoms with Crippen LogP contribution in [0, 0.1) is 0 Å². The summed E-state index contributed by atoms with van der Waals surface area (Å²) in [6.45, 7) is 2.16. The van der Waals surface area contributed by atoms with E-state index in [9.17, 15) is 4.21 Å². The standard InChI is InChI=1S/C15H25NO2S/c1-4-5-6-10-19(17)12-15(16-2)13-8-7-9-14(11-13)18-3/h7-9,11,15-16H,4-6,10,12H2,1-3H3. The van der Waals surface area contributed by atoms with Crippen LogP contribution in [0.2, 0.25) is 0 Å². The summed E-state index contributed by atoms with van der Waals surface area (Å²) >= 11 is 0. The number of rotatable bonds is 9. The zero-order valence-electron chi connectivity index (χ0n) is 12.1. The van der Waals surface area contributed by atoms with Crippen molar-refractivity contribution in [1.29, 1.82) is 0 Å². The van der Waals surface area contributed by atoms with E-state index in [1.54, 1.807) is 7.11 Å². The van der Waals surface area contributed by atoms with Crippen LogP contribution in [0.3, 0.4) is 0 Å². The van der Waals surface area contributed by atoms with Crippen molar-refractivity contribution in [3.8, 4) is 5.75 Å². The summed E-state index contributed by atoms with van der Waals surface area (Å²) in [6.07, 6.45) is 3.38. The van der Waals surface area contributed by atoms with Crippen LogP contribution >= 0.6 is 0 Å². The van der Waals surface area contributed by atoms with Crippen molar-refractivity contribution in [2.24, 2.45) is 0 Å². The van der Waals surface area contributed by atoms with Crippen LogP contribution in [0.1, 0.15) is 37.8 Å². The molecule has 0 aromatic heterocycles. The maximum Gasteiger partial charge on any atom is 0.119 e. The Morgan fingerprint density at radius 3 is 2.79 bits per heavy atom. The van der Waals surface area contributed by atoms with Gasteiger partial charge in [0.15, 0.2) is 0 Å². The van der Waals surface area contributed by atoms with Gasteiger partial charge >= 0.3 is 0 Å². The molecular formula is C15H25NO2S. The minimum Gasteiger partial charge on any atom is -0.497 e. The monoisotopic (exact) mass is 283 g/mol. The zero-order chi connectivity index (χ0) is 14.1. The fourth-order valence-corrected chi connectivity index (χ4v) is 3.41. The van der Waals surface area contributed by atoms with E-state index in [1.165, 1.54) is 6.42 Å². The molecule has 0 bridgehead atoms. The highest BCUT2D eigenvalue weighted by atomic mass is 32.2. The van der Waals surface area contributed by atoms with Crippen molar-refractivity contribution in [3.63, 3.8) is 0 Å². The lowest BCUT2D eigenvalue weighted by Gasteiger charge is -2.17. The highest BCUT2D eigenvalue weighted by Gasteiger charge is 2.13. The first-order valence-corrected chi connectivity index (χ1v) is 8.36. The molecule has 19 heavy (non-hydrogen) atoms. The Morgan fingerprint density at radius 1 is 1.37 bits per heavy atom. The summed E-state index contributed by atoms with van der Waals surface area (Å²) in [6, 6.07) is 8.07. The van der Waals surface area contributed by atoms with Crippen LogP contribution in [-0.4, -0.2) is 29.9 Å². The average molecular weight is 283 g/mol. The molecule has 1 aromatic carbocycles. The second kappa shape index (κ2) is 9.10. The topological polar surface area (TPSA) is 38.3 Å². The Balaban J connectivity index is 2.59. The van der Waals surface area contributed by atoms with E-state index < -0.39 is 10.8 Å². The van der Waals surface area contributed by atoms with Gasteiger partial charge in [-0.05, 0) is 31.2 Å². The molecule has 0 aliphatic rings. The smallest absolute Gasteiger partial charge is 0.119 e. The maximum atomic E-state index is 12.1. The first-order chi connectivity index (χ1) is 9.21. The van der Waals surface area contributed by atoms with Gasteiger partial charge in [-0.15, -0.1) is 0 Å². The van der Waals surface area contributed by atoms with E-state index in [0.717, 1.165) is 29.9 Å². The molecule has 0 radical (unpaired) electrons. The first-order valence-electron chi connectivity index (χ1n) is 6.87. The van der Waals surface area contributed by atoms with E-state index in [2.05, 4.69) is 12.2 Å². The quantitative estimate of drug-likeness (QED) is 0.708. The summed E-state index contributed by atoms with van der Waals surface area (Å²) in [5.74, 6) is 2.30. The van der Waals surface area contributed by atoms with Gasteiger partial charge in [0.05, 0.1) is 7.11 Å². The zero-order valence-corrected chi connectivity index (χ0v) is 13.0. The lowest BCUT2D eigenvalue weighted by atomic mass is 10.1. The van der Waals surface area contributed by atoms with Gasteiger partial charge in [0.25, 0.3) is 0 Å². The molecule has 0 aliphatic carbocycles. The lowest BCUT2D eigenvalue weighted by Crippen LogP contribution is -2.23. The molecule has 4 heteroatoms. The van der Waals surface area contributed by atoms with Crippen LogP contribution in [0.25, 0.3) is 0 Å². The van der Waals surface area contributed by atoms with Crippen LogP contribution in [-0.2, 0) is 10.8 Å². The van der Waals surface area contributed by atoms with Gasteiger partial charge < -0.3 is 10.1 Å². The lowest BCUT2D eigenvalue weighted by molar-refractivity contribution is 0.413. The number of hydrogen-bond donors (Lipinski definition) is 1. The fourth-order valence-electron chi connectivity index (χ4n) is 1.99. The van der Waals surface area contributed by atoms with Gasteiger partial charge in [-0.1, -0.05) is 31.9 Å². The molecule has 0 saturated carbocycles. The third-order valence-electron chi connectivity index (χ3n) is 3.17. The van der Waals surface area contributed by atoms with E-state index in [0.29, 0.717) is 5.75 Å². The molecule has 0 aliphatic heterocycles. The molecule has 0 spiro atoms. The molecule has 3 nitrogen and oxygen atoms in total. The molecular weight excluding hydrogens is 258 g/mol. The number of methoxy groups -OCH3 is 1. The van der Waals surface area contributed by atoms with Crippen LogP contribution in [0.15, 0.2) is 24.3 Å². The van der Waals surface area contributed by atoms with Crippen molar-refractivity contribution < 1.29 is 8.95 Å². The van der Waals surface area contributed by atoms with Gasteiger partial charge in [-0.2, -0.15) is 0 Å². The van der Waals surface area contributed by atoms with E-state index in [-0.39, 0.29) is 6.04 Å².